The molecule has 15 heavy (non-hydrogen) atoms. The van der Waals surface area contributed by atoms with Crippen molar-refractivity contribution in [3.8, 4) is 0 Å². The van der Waals surface area contributed by atoms with Gasteiger partial charge in [0.05, 0.1) is 0 Å². The van der Waals surface area contributed by atoms with Crippen molar-refractivity contribution in [3.05, 3.63) is 47.4 Å². The first-order chi connectivity index (χ1) is 7.22. The van der Waals surface area contributed by atoms with E-state index in [1.165, 1.54) is 6.26 Å². The van der Waals surface area contributed by atoms with Crippen LogP contribution in [-0.4, -0.2) is 6.09 Å². The van der Waals surface area contributed by atoms with Crippen LogP contribution in [0, 0.1) is 0 Å². The fraction of sp³-hybridized carbons (Fsp3) is 0.0909. The highest BCUT2D eigenvalue weighted by molar-refractivity contribution is 6.30. The van der Waals surface area contributed by atoms with Crippen LogP contribution in [0.3, 0.4) is 0 Å². The van der Waals surface area contributed by atoms with Gasteiger partial charge in [0.25, 0.3) is 0 Å². The van der Waals surface area contributed by atoms with Crippen LogP contribution in [0.1, 0.15) is 6.92 Å². The zero-order valence-electron chi connectivity index (χ0n) is 8.16. The van der Waals surface area contributed by atoms with Gasteiger partial charge in [0.2, 0.25) is 0 Å². The van der Waals surface area contributed by atoms with Gasteiger partial charge in [-0.15, -0.1) is 0 Å². The summed E-state index contributed by atoms with van der Waals surface area (Å²) in [6, 6.07) is 6.80. The summed E-state index contributed by atoms with van der Waals surface area (Å²) < 4.78 is 4.67. The molecule has 1 aromatic rings. The van der Waals surface area contributed by atoms with Gasteiger partial charge < -0.3 is 4.74 Å². The number of anilines is 1. The second-order valence-electron chi connectivity index (χ2n) is 2.61. The van der Waals surface area contributed by atoms with Crippen molar-refractivity contribution < 1.29 is 9.53 Å². The van der Waals surface area contributed by atoms with Crippen molar-refractivity contribution in [1.82, 2.24) is 0 Å². The third-order valence-electron chi connectivity index (χ3n) is 1.47. The molecule has 0 aliphatic carbocycles. The third-order valence-corrected chi connectivity index (χ3v) is 1.71. The van der Waals surface area contributed by atoms with Gasteiger partial charge in [-0.05, 0) is 31.2 Å². The van der Waals surface area contributed by atoms with Crippen LogP contribution in [0.5, 0.6) is 0 Å². The fourth-order valence-corrected chi connectivity index (χ4v) is 1.06. The molecule has 0 atom stereocenters. The quantitative estimate of drug-likeness (QED) is 0.615. The molecule has 4 heteroatoms. The molecule has 0 unspecified atom stereocenters. The predicted octanol–water partition coefficient (Wildman–Crippen LogP) is 3.58. The molecule has 0 heterocycles. The first kappa shape index (κ1) is 11.4. The number of benzene rings is 1. The molecular formula is C11H10ClNO2. The lowest BCUT2D eigenvalue weighted by molar-refractivity contribution is 0.201. The van der Waals surface area contributed by atoms with E-state index in [1.807, 2.05) is 0 Å². The molecule has 0 radical (unpaired) electrons. The van der Waals surface area contributed by atoms with Crippen LogP contribution in [-0.2, 0) is 4.74 Å². The number of ether oxygens (including phenoxy) is 1. The second-order valence-corrected chi connectivity index (χ2v) is 3.05. The molecule has 1 amide bonds. The number of rotatable bonds is 2. The number of halogens is 1. The summed E-state index contributed by atoms with van der Waals surface area (Å²) in [4.78, 5) is 11.1. The highest BCUT2D eigenvalue weighted by Gasteiger charge is 2.00. The lowest BCUT2D eigenvalue weighted by atomic mass is 10.3. The summed E-state index contributed by atoms with van der Waals surface area (Å²) in [6.07, 6.45) is 2.23. The minimum atomic E-state index is -0.577. The van der Waals surface area contributed by atoms with E-state index < -0.39 is 6.09 Å². The summed E-state index contributed by atoms with van der Waals surface area (Å²) in [6.45, 7) is 1.77. The van der Waals surface area contributed by atoms with Gasteiger partial charge in [0.1, 0.15) is 6.26 Å². The van der Waals surface area contributed by atoms with E-state index in [9.17, 15) is 4.79 Å². The Kier molecular flexibility index (Phi) is 4.48. The van der Waals surface area contributed by atoms with Crippen molar-refractivity contribution in [2.24, 2.45) is 0 Å². The maximum atomic E-state index is 11.1. The van der Waals surface area contributed by atoms with Crippen LogP contribution in [0.15, 0.2) is 42.3 Å². The van der Waals surface area contributed by atoms with Crippen molar-refractivity contribution in [2.75, 3.05) is 5.32 Å². The van der Waals surface area contributed by atoms with Crippen LogP contribution in [0.2, 0.25) is 5.02 Å². The first-order valence-corrected chi connectivity index (χ1v) is 4.69. The number of hydrogen-bond donors (Lipinski definition) is 1. The minimum Gasteiger partial charge on any atom is -0.410 e. The number of carbonyl (C=O) groups excluding carboxylic acids is 1. The summed E-state index contributed by atoms with van der Waals surface area (Å²) in [5, 5.41) is 3.06. The number of hydrogen-bond acceptors (Lipinski definition) is 2. The van der Waals surface area contributed by atoms with Crippen molar-refractivity contribution in [2.45, 2.75) is 6.92 Å². The lowest BCUT2D eigenvalue weighted by Gasteiger charge is -2.02. The molecule has 78 valence electrons. The Morgan fingerprint density at radius 1 is 1.60 bits per heavy atom. The molecule has 0 saturated heterocycles. The van der Waals surface area contributed by atoms with E-state index >= 15 is 0 Å². The van der Waals surface area contributed by atoms with Gasteiger partial charge in [-0.3, -0.25) is 5.32 Å². The molecule has 0 bridgehead atoms. The van der Waals surface area contributed by atoms with Crippen molar-refractivity contribution in [1.29, 1.82) is 0 Å². The van der Waals surface area contributed by atoms with Crippen LogP contribution in [0.4, 0.5) is 10.5 Å². The zero-order chi connectivity index (χ0) is 11.1. The average Bonchev–Trinajstić information content (AvgIpc) is 2.18. The maximum Gasteiger partial charge on any atom is 0.417 e. The van der Waals surface area contributed by atoms with Crippen molar-refractivity contribution >= 4 is 23.4 Å². The monoisotopic (exact) mass is 223 g/mol. The topological polar surface area (TPSA) is 38.3 Å². The Bertz CT molecular complexity index is 409. The second kappa shape index (κ2) is 5.91. The Hall–Kier alpha value is -1.70. The SMILES string of the molecule is CC=C=COC(=O)Nc1cccc(Cl)c1. The molecule has 3 nitrogen and oxygen atoms in total. The molecular weight excluding hydrogens is 214 g/mol. The number of nitrogens with one attached hydrogen (secondary N) is 1. The van der Waals surface area contributed by atoms with Gasteiger partial charge in [0.15, 0.2) is 0 Å². The molecule has 1 rings (SSSR count). The number of amides is 1. The van der Waals surface area contributed by atoms with E-state index in [-0.39, 0.29) is 0 Å². The molecule has 0 aliphatic rings. The van der Waals surface area contributed by atoms with Crippen LogP contribution < -0.4 is 5.32 Å². The largest absolute Gasteiger partial charge is 0.417 e. The smallest absolute Gasteiger partial charge is 0.410 e. The standard InChI is InChI=1S/C11H10ClNO2/c1-2-3-7-15-11(14)13-10-6-4-5-9(12)8-10/h2,4-8H,1H3,(H,13,14). The summed E-state index contributed by atoms with van der Waals surface area (Å²) in [5.41, 5.74) is 3.20. The normalized spacial score (nSPS) is 8.67. The molecule has 0 fully saturated rings. The predicted molar refractivity (Wildman–Crippen MR) is 59.9 cm³/mol. The Morgan fingerprint density at radius 3 is 3.07 bits per heavy atom. The van der Waals surface area contributed by atoms with Crippen molar-refractivity contribution in [3.63, 3.8) is 0 Å². The highest BCUT2D eigenvalue weighted by atomic mass is 35.5. The summed E-state index contributed by atoms with van der Waals surface area (Å²) in [5.74, 6) is 0. The first-order valence-electron chi connectivity index (χ1n) is 4.31. The lowest BCUT2D eigenvalue weighted by Crippen LogP contribution is -2.10. The highest BCUT2D eigenvalue weighted by Crippen LogP contribution is 2.14. The Labute approximate surface area is 93.0 Å². The van der Waals surface area contributed by atoms with E-state index in [4.69, 9.17) is 11.6 Å². The Balaban J connectivity index is 2.55. The third kappa shape index (κ3) is 4.36. The van der Waals surface area contributed by atoms with E-state index in [1.54, 1.807) is 37.3 Å². The number of allylic oxidation sites excluding steroid dienone is 1. The number of carbonyl (C=O) groups is 1. The van der Waals surface area contributed by atoms with E-state index in [2.05, 4.69) is 15.8 Å². The maximum absolute atomic E-state index is 11.1. The molecule has 1 N–H and O–H groups in total. The average molecular weight is 224 g/mol. The van der Waals surface area contributed by atoms with Gasteiger partial charge in [-0.1, -0.05) is 23.4 Å². The van der Waals surface area contributed by atoms with Gasteiger partial charge in [-0.25, -0.2) is 4.79 Å². The molecule has 1 aromatic carbocycles. The van der Waals surface area contributed by atoms with Crippen LogP contribution in [0.25, 0.3) is 0 Å². The Morgan fingerprint density at radius 2 is 2.40 bits per heavy atom. The molecule has 0 spiro atoms. The summed E-state index contributed by atoms with van der Waals surface area (Å²) in [7, 11) is 0. The van der Waals surface area contributed by atoms with Gasteiger partial charge in [-0.2, -0.15) is 0 Å². The van der Waals surface area contributed by atoms with Gasteiger partial charge >= 0.3 is 6.09 Å². The molecule has 0 aromatic heterocycles. The van der Waals surface area contributed by atoms with Gasteiger partial charge in [0, 0.05) is 10.7 Å². The fourth-order valence-electron chi connectivity index (χ4n) is 0.869. The van der Waals surface area contributed by atoms with Crippen LogP contribution >= 0.6 is 11.6 Å². The molecule has 0 saturated carbocycles. The molecule has 0 aliphatic heterocycles. The summed E-state index contributed by atoms with van der Waals surface area (Å²) >= 11 is 5.74. The zero-order valence-corrected chi connectivity index (χ0v) is 8.91. The van der Waals surface area contributed by atoms with E-state index in [0.717, 1.165) is 0 Å². The minimum absolute atomic E-state index is 0.553. The van der Waals surface area contributed by atoms with E-state index in [0.29, 0.717) is 10.7 Å².